The number of rotatable bonds is 7. The van der Waals surface area contributed by atoms with Gasteiger partial charge >= 0.3 is 0 Å². The van der Waals surface area contributed by atoms with E-state index in [1.165, 1.54) is 18.1 Å². The van der Waals surface area contributed by atoms with E-state index in [4.69, 9.17) is 18.9 Å². The molecule has 2 heterocycles. The highest BCUT2D eigenvalue weighted by atomic mass is 79.9. The molecule has 34 heavy (non-hydrogen) atoms. The highest BCUT2D eigenvalue weighted by Gasteiger charge is 2.46. The SMILES string of the molecule is COCCCN1C(=O)C(=O)C(=C(O)c2ccc3c(c2)OCCO3)C1c1cc(Br)c(O)c(OC)c1. The first-order valence-electron chi connectivity index (χ1n) is 10.6. The van der Waals surface area contributed by atoms with Crippen molar-refractivity contribution in [3.8, 4) is 23.0 Å². The Morgan fingerprint density at radius 1 is 1.15 bits per heavy atom. The molecular weight excluding hydrogens is 510 g/mol. The molecule has 1 fully saturated rings. The second-order valence-corrected chi connectivity index (χ2v) is 8.61. The maximum absolute atomic E-state index is 13.2. The third-order valence-electron chi connectivity index (χ3n) is 5.69. The molecule has 1 atom stereocenters. The number of carbonyl (C=O) groups is 2. The van der Waals surface area contributed by atoms with Crippen molar-refractivity contribution in [3.05, 3.63) is 51.5 Å². The molecule has 0 aliphatic carbocycles. The van der Waals surface area contributed by atoms with Gasteiger partial charge in [-0.2, -0.15) is 0 Å². The molecule has 1 amide bonds. The van der Waals surface area contributed by atoms with Crippen LogP contribution in [0.3, 0.4) is 0 Å². The molecular formula is C24H24BrNO8. The number of aromatic hydroxyl groups is 1. The number of hydrogen-bond acceptors (Lipinski definition) is 8. The van der Waals surface area contributed by atoms with Gasteiger partial charge in [0.1, 0.15) is 19.0 Å². The predicted octanol–water partition coefficient (Wildman–Crippen LogP) is 3.39. The summed E-state index contributed by atoms with van der Waals surface area (Å²) in [6.07, 6.45) is 0.487. The lowest BCUT2D eigenvalue weighted by Crippen LogP contribution is -2.31. The summed E-state index contributed by atoms with van der Waals surface area (Å²) in [5, 5.41) is 21.5. The molecule has 10 heteroatoms. The minimum absolute atomic E-state index is 0.0706. The van der Waals surface area contributed by atoms with Crippen molar-refractivity contribution >= 4 is 33.4 Å². The topological polar surface area (TPSA) is 115 Å². The zero-order valence-electron chi connectivity index (χ0n) is 18.7. The van der Waals surface area contributed by atoms with Gasteiger partial charge in [0.05, 0.1) is 23.2 Å². The number of carbonyl (C=O) groups excluding carboxylic acids is 2. The van der Waals surface area contributed by atoms with Crippen molar-refractivity contribution in [3.63, 3.8) is 0 Å². The standard InChI is InChI=1S/C24H24BrNO8/c1-31-7-3-6-26-20(14-10-15(25)22(28)18(12-14)32-2)19(23(29)24(26)30)21(27)13-4-5-16-17(11-13)34-9-8-33-16/h4-5,10-12,20,27-28H,3,6-9H2,1-2H3. The molecule has 2 aliphatic rings. The summed E-state index contributed by atoms with van der Waals surface area (Å²) < 4.78 is 21.8. The fourth-order valence-corrected chi connectivity index (χ4v) is 4.55. The first kappa shape index (κ1) is 23.9. The van der Waals surface area contributed by atoms with Crippen LogP contribution >= 0.6 is 15.9 Å². The molecule has 180 valence electrons. The second-order valence-electron chi connectivity index (χ2n) is 7.75. The van der Waals surface area contributed by atoms with Crippen molar-refractivity contribution < 1.29 is 38.7 Å². The number of halogens is 1. The zero-order chi connectivity index (χ0) is 24.4. The number of phenolic OH excluding ortho intramolecular Hbond substituents is 1. The van der Waals surface area contributed by atoms with Crippen LogP contribution in [0.25, 0.3) is 5.76 Å². The van der Waals surface area contributed by atoms with Crippen molar-refractivity contribution in [2.24, 2.45) is 0 Å². The fourth-order valence-electron chi connectivity index (χ4n) is 4.09. The van der Waals surface area contributed by atoms with Gasteiger partial charge < -0.3 is 34.1 Å². The summed E-state index contributed by atoms with van der Waals surface area (Å²) in [4.78, 5) is 27.6. The third-order valence-corrected chi connectivity index (χ3v) is 6.29. The minimum Gasteiger partial charge on any atom is -0.507 e. The van der Waals surface area contributed by atoms with Crippen molar-refractivity contribution in [2.45, 2.75) is 12.5 Å². The van der Waals surface area contributed by atoms with E-state index < -0.39 is 17.7 Å². The number of amides is 1. The summed E-state index contributed by atoms with van der Waals surface area (Å²) >= 11 is 3.29. The largest absolute Gasteiger partial charge is 0.507 e. The number of benzene rings is 2. The number of hydrogen-bond donors (Lipinski definition) is 2. The van der Waals surface area contributed by atoms with Gasteiger partial charge in [-0.1, -0.05) is 0 Å². The number of fused-ring (bicyclic) bond motifs is 1. The molecule has 2 N–H and O–H groups in total. The van der Waals surface area contributed by atoms with E-state index in [9.17, 15) is 19.8 Å². The molecule has 1 saturated heterocycles. The first-order valence-corrected chi connectivity index (χ1v) is 11.4. The average molecular weight is 534 g/mol. The number of phenols is 1. The Morgan fingerprint density at radius 3 is 2.59 bits per heavy atom. The van der Waals surface area contributed by atoms with E-state index in [2.05, 4.69) is 15.9 Å². The van der Waals surface area contributed by atoms with Crippen molar-refractivity contribution in [1.29, 1.82) is 0 Å². The highest BCUT2D eigenvalue weighted by molar-refractivity contribution is 9.10. The molecule has 0 radical (unpaired) electrons. The molecule has 0 spiro atoms. The first-order chi connectivity index (χ1) is 16.4. The Morgan fingerprint density at radius 2 is 1.88 bits per heavy atom. The quantitative estimate of drug-likeness (QED) is 0.241. The lowest BCUT2D eigenvalue weighted by molar-refractivity contribution is -0.140. The number of aliphatic hydroxyl groups excluding tert-OH is 1. The van der Waals surface area contributed by atoms with E-state index in [0.29, 0.717) is 53.3 Å². The number of likely N-dealkylation sites (tertiary alicyclic amines) is 1. The number of Topliss-reactive ketones (excluding diaryl/α,β-unsaturated/α-hetero) is 1. The summed E-state index contributed by atoms with van der Waals surface area (Å²) in [5.74, 6) is -0.860. The number of methoxy groups -OCH3 is 2. The number of ketones is 1. The van der Waals surface area contributed by atoms with Gasteiger partial charge in [-0.05, 0) is 58.2 Å². The summed E-state index contributed by atoms with van der Waals surface area (Å²) in [6, 6.07) is 7.05. The Labute approximate surface area is 204 Å². The summed E-state index contributed by atoms with van der Waals surface area (Å²) in [7, 11) is 2.95. The van der Waals surface area contributed by atoms with Crippen LogP contribution < -0.4 is 14.2 Å². The smallest absolute Gasteiger partial charge is 0.295 e. The van der Waals surface area contributed by atoms with E-state index >= 15 is 0 Å². The number of aliphatic hydroxyl groups is 1. The Balaban J connectivity index is 1.86. The molecule has 9 nitrogen and oxygen atoms in total. The Bertz CT molecular complexity index is 1160. The van der Waals surface area contributed by atoms with Crippen LogP contribution in [-0.2, 0) is 14.3 Å². The molecule has 1 unspecified atom stereocenters. The Kier molecular flexibility index (Phi) is 6.99. The highest BCUT2D eigenvalue weighted by Crippen LogP contribution is 2.45. The molecule has 2 aromatic carbocycles. The maximum atomic E-state index is 13.2. The van der Waals surface area contributed by atoms with Gasteiger partial charge in [-0.3, -0.25) is 9.59 Å². The van der Waals surface area contributed by atoms with Gasteiger partial charge in [0.15, 0.2) is 23.0 Å². The van der Waals surface area contributed by atoms with Crippen LogP contribution in [0, 0.1) is 0 Å². The monoisotopic (exact) mass is 533 g/mol. The predicted molar refractivity (Wildman–Crippen MR) is 125 cm³/mol. The molecule has 4 rings (SSSR count). The molecule has 0 aromatic heterocycles. The van der Waals surface area contributed by atoms with Gasteiger partial charge in [0.25, 0.3) is 11.7 Å². The summed E-state index contributed by atoms with van der Waals surface area (Å²) in [5.41, 5.74) is 0.727. The maximum Gasteiger partial charge on any atom is 0.295 e. The van der Waals surface area contributed by atoms with Crippen LogP contribution in [0.2, 0.25) is 0 Å². The van der Waals surface area contributed by atoms with Gasteiger partial charge in [0, 0.05) is 25.8 Å². The fraction of sp³-hybridized carbons (Fsp3) is 0.333. The average Bonchev–Trinajstić information content (AvgIpc) is 3.10. The van der Waals surface area contributed by atoms with E-state index in [0.717, 1.165) is 0 Å². The van der Waals surface area contributed by atoms with E-state index in [-0.39, 0.29) is 29.4 Å². The van der Waals surface area contributed by atoms with E-state index in [1.54, 1.807) is 31.4 Å². The zero-order valence-corrected chi connectivity index (χ0v) is 20.3. The van der Waals surface area contributed by atoms with Crippen molar-refractivity contribution in [2.75, 3.05) is 40.6 Å². The van der Waals surface area contributed by atoms with Gasteiger partial charge in [0.2, 0.25) is 0 Å². The van der Waals surface area contributed by atoms with Crippen molar-refractivity contribution in [1.82, 2.24) is 4.90 Å². The van der Waals surface area contributed by atoms with Crippen LogP contribution in [0.4, 0.5) is 0 Å². The molecule has 2 aliphatic heterocycles. The Hall–Kier alpha value is -3.24. The molecule has 0 bridgehead atoms. The number of ether oxygens (including phenoxy) is 4. The lowest BCUT2D eigenvalue weighted by Gasteiger charge is -2.26. The van der Waals surface area contributed by atoms with Crippen LogP contribution in [0.5, 0.6) is 23.0 Å². The number of nitrogens with zero attached hydrogens (tertiary/aromatic N) is 1. The summed E-state index contributed by atoms with van der Waals surface area (Å²) in [6.45, 7) is 1.40. The second kappa shape index (κ2) is 9.94. The van der Waals surface area contributed by atoms with Crippen LogP contribution in [0.1, 0.15) is 23.6 Å². The van der Waals surface area contributed by atoms with Crippen LogP contribution in [0.15, 0.2) is 40.4 Å². The normalized spacial score (nSPS) is 18.9. The van der Waals surface area contributed by atoms with Gasteiger partial charge in [-0.15, -0.1) is 0 Å². The van der Waals surface area contributed by atoms with Crippen LogP contribution in [-0.4, -0.2) is 67.4 Å². The van der Waals surface area contributed by atoms with E-state index in [1.807, 2.05) is 0 Å². The molecule has 0 saturated carbocycles. The third kappa shape index (κ3) is 4.30. The molecule has 2 aromatic rings. The minimum atomic E-state index is -0.907. The van der Waals surface area contributed by atoms with Gasteiger partial charge in [-0.25, -0.2) is 0 Å². The lowest BCUT2D eigenvalue weighted by atomic mass is 9.94.